The Morgan fingerprint density at radius 2 is 1.86 bits per heavy atom. The Balaban J connectivity index is 3.42. The molecule has 14 heavy (non-hydrogen) atoms. The average Bonchev–Trinajstić information content (AvgIpc) is 2.17. The van der Waals surface area contributed by atoms with Gasteiger partial charge in [-0.3, -0.25) is 0 Å². The predicted octanol–water partition coefficient (Wildman–Crippen LogP) is 1.74. The van der Waals surface area contributed by atoms with Crippen LogP contribution in [0.25, 0.3) is 0 Å². The molecular formula is C10H11NO2S. The normalized spacial score (nSPS) is 11.3. The van der Waals surface area contributed by atoms with E-state index in [-0.39, 0.29) is 10.5 Å². The first-order valence-electron chi connectivity index (χ1n) is 4.23. The van der Waals surface area contributed by atoms with Gasteiger partial charge in [-0.05, 0) is 26.0 Å². The maximum atomic E-state index is 11.8. The number of nitrogens with zero attached hydrogens (tertiary/aromatic N) is 1. The van der Waals surface area contributed by atoms with Gasteiger partial charge >= 0.3 is 0 Å². The Morgan fingerprint density at radius 1 is 1.29 bits per heavy atom. The van der Waals surface area contributed by atoms with Gasteiger partial charge in [-0.1, -0.05) is 12.1 Å². The first-order chi connectivity index (χ1) is 6.50. The van der Waals surface area contributed by atoms with Crippen LogP contribution in [-0.2, 0) is 9.84 Å². The molecule has 0 bridgehead atoms. The first-order valence-corrected chi connectivity index (χ1v) is 5.78. The van der Waals surface area contributed by atoms with Crippen LogP contribution in [0.4, 0.5) is 0 Å². The Bertz CT molecular complexity index is 469. The lowest BCUT2D eigenvalue weighted by Crippen LogP contribution is -2.15. The molecule has 0 fully saturated rings. The van der Waals surface area contributed by atoms with E-state index in [0.29, 0.717) is 0 Å². The molecule has 0 unspecified atom stereocenters. The summed E-state index contributed by atoms with van der Waals surface area (Å²) in [5.41, 5.74) is 0.209. The van der Waals surface area contributed by atoms with Crippen molar-refractivity contribution >= 4 is 9.84 Å². The summed E-state index contributed by atoms with van der Waals surface area (Å²) in [6.45, 7) is 3.20. The Hall–Kier alpha value is -1.34. The molecule has 0 aliphatic heterocycles. The van der Waals surface area contributed by atoms with E-state index < -0.39 is 15.1 Å². The molecule has 1 rings (SSSR count). The van der Waals surface area contributed by atoms with Crippen LogP contribution in [0.5, 0.6) is 0 Å². The lowest BCUT2D eigenvalue weighted by Gasteiger charge is -2.08. The van der Waals surface area contributed by atoms with Crippen molar-refractivity contribution in [2.45, 2.75) is 24.0 Å². The minimum atomic E-state index is -3.34. The van der Waals surface area contributed by atoms with Crippen LogP contribution < -0.4 is 0 Å². The van der Waals surface area contributed by atoms with Crippen LogP contribution in [0, 0.1) is 11.3 Å². The highest BCUT2D eigenvalue weighted by molar-refractivity contribution is 7.92. The summed E-state index contributed by atoms with van der Waals surface area (Å²) in [5, 5.41) is 8.25. The molecule has 74 valence electrons. The zero-order valence-corrected chi connectivity index (χ0v) is 8.88. The van der Waals surface area contributed by atoms with E-state index in [0.717, 1.165) is 0 Å². The van der Waals surface area contributed by atoms with E-state index in [4.69, 9.17) is 5.26 Å². The second-order valence-electron chi connectivity index (χ2n) is 3.20. The Labute approximate surface area is 83.9 Å². The van der Waals surface area contributed by atoms with E-state index in [1.165, 1.54) is 12.1 Å². The van der Waals surface area contributed by atoms with Crippen molar-refractivity contribution in [1.82, 2.24) is 0 Å². The third kappa shape index (κ3) is 1.78. The van der Waals surface area contributed by atoms with Crippen molar-refractivity contribution in [3.05, 3.63) is 29.8 Å². The Morgan fingerprint density at radius 3 is 2.36 bits per heavy atom. The van der Waals surface area contributed by atoms with Gasteiger partial charge in [0.15, 0.2) is 9.84 Å². The topological polar surface area (TPSA) is 57.9 Å². The Kier molecular flexibility index (Phi) is 2.92. The molecular weight excluding hydrogens is 198 g/mol. The highest BCUT2D eigenvalue weighted by Crippen LogP contribution is 2.19. The summed E-state index contributed by atoms with van der Waals surface area (Å²) in [4.78, 5) is 0.123. The average molecular weight is 209 g/mol. The summed E-state index contributed by atoms with van der Waals surface area (Å²) < 4.78 is 23.5. The van der Waals surface area contributed by atoms with Gasteiger partial charge in [-0.15, -0.1) is 0 Å². The summed E-state index contributed by atoms with van der Waals surface area (Å²) in [7, 11) is -3.34. The fourth-order valence-corrected chi connectivity index (χ4v) is 2.26. The molecule has 1 aromatic rings. The van der Waals surface area contributed by atoms with Gasteiger partial charge in [-0.25, -0.2) is 8.42 Å². The third-order valence-electron chi connectivity index (χ3n) is 1.93. The zero-order valence-electron chi connectivity index (χ0n) is 8.06. The van der Waals surface area contributed by atoms with Crippen molar-refractivity contribution in [3.8, 4) is 6.07 Å². The molecule has 0 amide bonds. The first kappa shape index (κ1) is 10.7. The summed E-state index contributed by atoms with van der Waals surface area (Å²) in [6, 6.07) is 8.12. The fraction of sp³-hybridized carbons (Fsp3) is 0.300. The highest BCUT2D eigenvalue weighted by Gasteiger charge is 2.21. The minimum Gasteiger partial charge on any atom is -0.223 e. The molecule has 0 atom stereocenters. The molecule has 0 spiro atoms. The summed E-state index contributed by atoms with van der Waals surface area (Å²) in [6.07, 6.45) is 0. The van der Waals surface area contributed by atoms with Gasteiger partial charge in [0.25, 0.3) is 0 Å². The maximum Gasteiger partial charge on any atom is 0.181 e. The van der Waals surface area contributed by atoms with E-state index in [1.807, 2.05) is 6.07 Å². The fourth-order valence-electron chi connectivity index (χ4n) is 1.06. The van der Waals surface area contributed by atoms with Gasteiger partial charge in [0, 0.05) is 0 Å². The van der Waals surface area contributed by atoms with Crippen LogP contribution in [0.3, 0.4) is 0 Å². The molecule has 0 heterocycles. The van der Waals surface area contributed by atoms with Crippen molar-refractivity contribution in [1.29, 1.82) is 5.26 Å². The third-order valence-corrected chi connectivity index (χ3v) is 4.14. The standard InChI is InChI=1S/C10H11NO2S/c1-8(2)14(12,13)10-6-4-3-5-9(10)7-11/h3-6,8H,1-2H3. The second-order valence-corrected chi connectivity index (χ2v) is 5.67. The van der Waals surface area contributed by atoms with Gasteiger partial charge in [0.2, 0.25) is 0 Å². The smallest absolute Gasteiger partial charge is 0.181 e. The summed E-state index contributed by atoms with van der Waals surface area (Å²) >= 11 is 0. The molecule has 0 aromatic heterocycles. The lowest BCUT2D eigenvalue weighted by molar-refractivity contribution is 0.587. The summed E-state index contributed by atoms with van der Waals surface area (Å²) in [5.74, 6) is 0. The molecule has 0 radical (unpaired) electrons. The lowest BCUT2D eigenvalue weighted by atomic mass is 10.2. The monoisotopic (exact) mass is 209 g/mol. The number of hydrogen-bond donors (Lipinski definition) is 0. The molecule has 0 saturated heterocycles. The quantitative estimate of drug-likeness (QED) is 0.745. The second kappa shape index (κ2) is 3.81. The van der Waals surface area contributed by atoms with E-state index in [1.54, 1.807) is 26.0 Å². The zero-order chi connectivity index (χ0) is 10.8. The largest absolute Gasteiger partial charge is 0.223 e. The maximum absolute atomic E-state index is 11.8. The molecule has 0 aliphatic rings. The SMILES string of the molecule is CC(C)S(=O)(=O)c1ccccc1C#N. The number of hydrogen-bond acceptors (Lipinski definition) is 3. The molecule has 3 nitrogen and oxygen atoms in total. The van der Waals surface area contributed by atoms with Crippen molar-refractivity contribution < 1.29 is 8.42 Å². The van der Waals surface area contributed by atoms with Crippen molar-refractivity contribution in [2.24, 2.45) is 0 Å². The van der Waals surface area contributed by atoms with E-state index >= 15 is 0 Å². The number of nitriles is 1. The van der Waals surface area contributed by atoms with Crippen molar-refractivity contribution in [3.63, 3.8) is 0 Å². The van der Waals surface area contributed by atoms with Gasteiger partial charge < -0.3 is 0 Å². The number of rotatable bonds is 2. The van der Waals surface area contributed by atoms with Crippen LogP contribution in [0.1, 0.15) is 19.4 Å². The molecule has 0 N–H and O–H groups in total. The van der Waals surface area contributed by atoms with Crippen molar-refractivity contribution in [2.75, 3.05) is 0 Å². The molecule has 0 saturated carbocycles. The number of benzene rings is 1. The van der Waals surface area contributed by atoms with Crippen LogP contribution in [0.15, 0.2) is 29.2 Å². The highest BCUT2D eigenvalue weighted by atomic mass is 32.2. The molecule has 0 aliphatic carbocycles. The number of sulfone groups is 1. The molecule has 4 heteroatoms. The van der Waals surface area contributed by atoms with Gasteiger partial charge in [0.05, 0.1) is 15.7 Å². The predicted molar refractivity (Wildman–Crippen MR) is 53.5 cm³/mol. The van der Waals surface area contributed by atoms with E-state index in [2.05, 4.69) is 0 Å². The minimum absolute atomic E-state index is 0.123. The van der Waals surface area contributed by atoms with Crippen LogP contribution >= 0.6 is 0 Å². The van der Waals surface area contributed by atoms with Gasteiger partial charge in [-0.2, -0.15) is 5.26 Å². The van der Waals surface area contributed by atoms with Crippen LogP contribution in [-0.4, -0.2) is 13.7 Å². The van der Waals surface area contributed by atoms with Gasteiger partial charge in [0.1, 0.15) is 6.07 Å². The molecule has 1 aromatic carbocycles. The van der Waals surface area contributed by atoms with E-state index in [9.17, 15) is 8.42 Å². The van der Waals surface area contributed by atoms with Crippen LogP contribution in [0.2, 0.25) is 0 Å².